The molecule has 0 spiro atoms. The van der Waals surface area contributed by atoms with Gasteiger partial charge in [-0.1, -0.05) is 0 Å². The molecule has 0 bridgehead atoms. The highest BCUT2D eigenvalue weighted by molar-refractivity contribution is 5.52. The summed E-state index contributed by atoms with van der Waals surface area (Å²) in [5.74, 6) is 1.51. The molecule has 15 heavy (non-hydrogen) atoms. The second kappa shape index (κ2) is 4.27. The average Bonchev–Trinajstić information content (AvgIpc) is 2.62. The minimum Gasteiger partial charge on any atom is -0.490 e. The van der Waals surface area contributed by atoms with Crippen LogP contribution in [0.25, 0.3) is 5.65 Å². The van der Waals surface area contributed by atoms with E-state index in [9.17, 15) is 0 Å². The first-order valence-electron chi connectivity index (χ1n) is 5.02. The maximum Gasteiger partial charge on any atom is 0.198 e. The molecule has 5 nitrogen and oxygen atoms in total. The van der Waals surface area contributed by atoms with Crippen LogP contribution in [-0.2, 0) is 6.42 Å². The van der Waals surface area contributed by atoms with Gasteiger partial charge >= 0.3 is 0 Å². The topological polar surface area (TPSA) is 65.4 Å². The summed E-state index contributed by atoms with van der Waals surface area (Å²) in [7, 11) is 0. The number of pyridine rings is 1. The van der Waals surface area contributed by atoms with Crippen LogP contribution >= 0.6 is 0 Å². The van der Waals surface area contributed by atoms with Gasteiger partial charge in [-0.25, -0.2) is 9.50 Å². The number of hydrogen-bond acceptors (Lipinski definition) is 4. The van der Waals surface area contributed by atoms with E-state index in [1.165, 1.54) is 0 Å². The molecule has 2 rings (SSSR count). The van der Waals surface area contributed by atoms with E-state index < -0.39 is 0 Å². The summed E-state index contributed by atoms with van der Waals surface area (Å²) < 4.78 is 7.17. The van der Waals surface area contributed by atoms with E-state index in [1.807, 2.05) is 25.3 Å². The number of nitrogens with two attached hydrogens (primary N) is 1. The maximum atomic E-state index is 5.46. The Kier molecular flexibility index (Phi) is 2.82. The lowest BCUT2D eigenvalue weighted by molar-refractivity contribution is 0.342. The second-order valence-corrected chi connectivity index (χ2v) is 3.14. The lowest BCUT2D eigenvalue weighted by Crippen LogP contribution is -2.04. The van der Waals surface area contributed by atoms with E-state index in [1.54, 1.807) is 4.52 Å². The molecule has 2 heterocycles. The number of fused-ring (bicyclic) bond motifs is 1. The van der Waals surface area contributed by atoms with Crippen molar-refractivity contribution in [1.29, 1.82) is 0 Å². The zero-order chi connectivity index (χ0) is 10.7. The van der Waals surface area contributed by atoms with Crippen molar-refractivity contribution >= 4 is 5.65 Å². The third-order valence-electron chi connectivity index (χ3n) is 2.04. The first-order chi connectivity index (χ1) is 7.35. The monoisotopic (exact) mass is 206 g/mol. The lowest BCUT2D eigenvalue weighted by Gasteiger charge is -2.02. The van der Waals surface area contributed by atoms with E-state index in [2.05, 4.69) is 10.1 Å². The van der Waals surface area contributed by atoms with Gasteiger partial charge < -0.3 is 10.5 Å². The molecule has 0 aromatic carbocycles. The smallest absolute Gasteiger partial charge is 0.198 e. The van der Waals surface area contributed by atoms with Crippen molar-refractivity contribution in [3.8, 4) is 5.75 Å². The molecule has 2 aromatic heterocycles. The molecule has 0 fully saturated rings. The van der Waals surface area contributed by atoms with Crippen LogP contribution in [0.15, 0.2) is 18.3 Å². The Hall–Kier alpha value is -1.62. The fraction of sp³-hybridized carbons (Fsp3) is 0.400. The molecular formula is C10H14N4O. The van der Waals surface area contributed by atoms with E-state index in [0.29, 0.717) is 19.6 Å². The van der Waals surface area contributed by atoms with Crippen molar-refractivity contribution in [1.82, 2.24) is 14.6 Å². The molecule has 80 valence electrons. The Morgan fingerprint density at radius 2 is 2.40 bits per heavy atom. The maximum absolute atomic E-state index is 5.46. The Bertz CT molecular complexity index is 452. The third-order valence-corrected chi connectivity index (χ3v) is 2.04. The molecule has 0 saturated heterocycles. The van der Waals surface area contributed by atoms with Crippen LogP contribution in [0.1, 0.15) is 12.7 Å². The zero-order valence-corrected chi connectivity index (χ0v) is 8.68. The zero-order valence-electron chi connectivity index (χ0n) is 8.68. The van der Waals surface area contributed by atoms with Gasteiger partial charge in [0.15, 0.2) is 17.2 Å². The van der Waals surface area contributed by atoms with Gasteiger partial charge in [-0.3, -0.25) is 0 Å². The van der Waals surface area contributed by atoms with Crippen LogP contribution in [0.5, 0.6) is 5.75 Å². The first-order valence-corrected chi connectivity index (χ1v) is 5.02. The van der Waals surface area contributed by atoms with Gasteiger partial charge in [0.25, 0.3) is 0 Å². The minimum absolute atomic E-state index is 0.556. The number of nitrogens with zero attached hydrogens (tertiary/aromatic N) is 3. The molecule has 0 aliphatic heterocycles. The van der Waals surface area contributed by atoms with Crippen molar-refractivity contribution in [3.05, 3.63) is 24.2 Å². The molecular weight excluding hydrogens is 192 g/mol. The van der Waals surface area contributed by atoms with E-state index in [4.69, 9.17) is 10.5 Å². The fourth-order valence-electron chi connectivity index (χ4n) is 1.43. The summed E-state index contributed by atoms with van der Waals surface area (Å²) >= 11 is 0. The van der Waals surface area contributed by atoms with E-state index in [-0.39, 0.29) is 0 Å². The van der Waals surface area contributed by atoms with Crippen molar-refractivity contribution in [2.24, 2.45) is 5.73 Å². The van der Waals surface area contributed by atoms with Crippen LogP contribution in [0.4, 0.5) is 0 Å². The van der Waals surface area contributed by atoms with Gasteiger partial charge in [0.1, 0.15) is 0 Å². The fourth-order valence-corrected chi connectivity index (χ4v) is 1.43. The molecule has 0 unspecified atom stereocenters. The molecule has 5 heteroatoms. The van der Waals surface area contributed by atoms with Gasteiger partial charge in [-0.05, 0) is 25.6 Å². The summed E-state index contributed by atoms with van der Waals surface area (Å²) in [6, 6.07) is 3.78. The quantitative estimate of drug-likeness (QED) is 0.796. The molecule has 0 atom stereocenters. The molecule has 2 N–H and O–H groups in total. The van der Waals surface area contributed by atoms with E-state index >= 15 is 0 Å². The van der Waals surface area contributed by atoms with Crippen LogP contribution in [-0.4, -0.2) is 27.7 Å². The Morgan fingerprint density at radius 3 is 3.13 bits per heavy atom. The van der Waals surface area contributed by atoms with Gasteiger partial charge in [-0.15, -0.1) is 0 Å². The van der Waals surface area contributed by atoms with Crippen molar-refractivity contribution in [3.63, 3.8) is 0 Å². The normalized spacial score (nSPS) is 10.8. The summed E-state index contributed by atoms with van der Waals surface area (Å²) in [5, 5.41) is 4.29. The Balaban J connectivity index is 2.44. The average molecular weight is 206 g/mol. The van der Waals surface area contributed by atoms with Crippen LogP contribution in [0, 0.1) is 0 Å². The SMILES string of the molecule is CCOc1cccn2nc(CCN)nc12. The summed E-state index contributed by atoms with van der Waals surface area (Å²) in [4.78, 5) is 4.37. The molecule has 2 aromatic rings. The summed E-state index contributed by atoms with van der Waals surface area (Å²) in [6.45, 7) is 3.13. The number of aromatic nitrogens is 3. The Labute approximate surface area is 87.9 Å². The van der Waals surface area contributed by atoms with Gasteiger partial charge in [0.2, 0.25) is 0 Å². The third kappa shape index (κ3) is 1.92. The van der Waals surface area contributed by atoms with E-state index in [0.717, 1.165) is 17.2 Å². The molecule has 0 amide bonds. The minimum atomic E-state index is 0.556. The van der Waals surface area contributed by atoms with Crippen LogP contribution in [0.2, 0.25) is 0 Å². The van der Waals surface area contributed by atoms with Gasteiger partial charge in [-0.2, -0.15) is 5.10 Å². The van der Waals surface area contributed by atoms with Crippen molar-refractivity contribution < 1.29 is 4.74 Å². The molecule has 0 radical (unpaired) electrons. The Morgan fingerprint density at radius 1 is 1.53 bits per heavy atom. The highest BCUT2D eigenvalue weighted by Crippen LogP contribution is 2.17. The number of ether oxygens (including phenoxy) is 1. The highest BCUT2D eigenvalue weighted by Gasteiger charge is 2.07. The predicted molar refractivity (Wildman–Crippen MR) is 56.9 cm³/mol. The highest BCUT2D eigenvalue weighted by atomic mass is 16.5. The van der Waals surface area contributed by atoms with Crippen LogP contribution < -0.4 is 10.5 Å². The number of rotatable bonds is 4. The summed E-state index contributed by atoms with van der Waals surface area (Å²) in [6.07, 6.45) is 2.54. The first kappa shape index (κ1) is 9.92. The van der Waals surface area contributed by atoms with Gasteiger partial charge in [0.05, 0.1) is 6.61 Å². The van der Waals surface area contributed by atoms with Crippen molar-refractivity contribution in [2.45, 2.75) is 13.3 Å². The number of hydrogen-bond donors (Lipinski definition) is 1. The summed E-state index contributed by atoms with van der Waals surface area (Å²) in [5.41, 5.74) is 6.21. The lowest BCUT2D eigenvalue weighted by atomic mass is 10.4. The largest absolute Gasteiger partial charge is 0.490 e. The molecule has 0 saturated carbocycles. The van der Waals surface area contributed by atoms with Crippen LogP contribution in [0.3, 0.4) is 0 Å². The molecule has 0 aliphatic rings. The standard InChI is InChI=1S/C10H14N4O/c1-2-15-8-4-3-7-14-10(8)12-9(13-14)5-6-11/h3-4,7H,2,5-6,11H2,1H3. The van der Waals surface area contributed by atoms with Gasteiger partial charge in [0, 0.05) is 12.6 Å². The molecule has 0 aliphatic carbocycles. The van der Waals surface area contributed by atoms with Crippen molar-refractivity contribution in [2.75, 3.05) is 13.2 Å². The predicted octanol–water partition coefficient (Wildman–Crippen LogP) is 0.629. The second-order valence-electron chi connectivity index (χ2n) is 3.14.